The number of hydrogen-bond acceptors (Lipinski definition) is 5. The molecule has 1 aromatic carbocycles. The van der Waals surface area contributed by atoms with Crippen LogP contribution in [0.5, 0.6) is 0 Å². The van der Waals surface area contributed by atoms with Crippen molar-refractivity contribution in [2.45, 2.75) is 45.2 Å². The van der Waals surface area contributed by atoms with Gasteiger partial charge in [-0.05, 0) is 49.3 Å². The van der Waals surface area contributed by atoms with E-state index in [2.05, 4.69) is 0 Å². The summed E-state index contributed by atoms with van der Waals surface area (Å²) in [4.78, 5) is 23.6. The van der Waals surface area contributed by atoms with Crippen LogP contribution in [-0.4, -0.2) is 35.7 Å². The number of rotatable bonds is 10. The molecule has 0 spiro atoms. The molecule has 0 radical (unpaired) electrons. The highest BCUT2D eigenvalue weighted by Crippen LogP contribution is 2.15. The predicted molar refractivity (Wildman–Crippen MR) is 97.7 cm³/mol. The first-order valence-electron chi connectivity index (χ1n) is 7.97. The molecule has 0 bridgehead atoms. The molecule has 4 N–H and O–H groups in total. The molecular weight excluding hydrogens is 308 g/mol. The van der Waals surface area contributed by atoms with Gasteiger partial charge in [-0.2, -0.15) is 11.8 Å². The lowest BCUT2D eigenvalue weighted by Crippen LogP contribution is -2.35. The lowest BCUT2D eigenvalue weighted by molar-refractivity contribution is -0.123. The number of Topliss-reactive ketones (excluding diaryl/α,β-unsaturated/α-hetero) is 2. The molecule has 0 saturated carbocycles. The number of carbonyl (C=O) groups excluding carboxylic acids is 2. The predicted octanol–water partition coefficient (Wildman–Crippen LogP) is 1.97. The summed E-state index contributed by atoms with van der Waals surface area (Å²) in [5, 5.41) is 0. The van der Waals surface area contributed by atoms with Crippen LogP contribution >= 0.6 is 11.8 Å². The van der Waals surface area contributed by atoms with Crippen molar-refractivity contribution in [3.63, 3.8) is 0 Å². The summed E-state index contributed by atoms with van der Waals surface area (Å²) in [6.45, 7) is 3.43. The lowest BCUT2D eigenvalue weighted by Gasteiger charge is -2.16. The van der Waals surface area contributed by atoms with E-state index in [1.807, 2.05) is 37.4 Å². The molecule has 0 aliphatic carbocycles. The minimum absolute atomic E-state index is 0.0151. The van der Waals surface area contributed by atoms with Gasteiger partial charge < -0.3 is 11.5 Å². The smallest absolute Gasteiger partial charge is 0.152 e. The van der Waals surface area contributed by atoms with Crippen LogP contribution in [0.4, 0.5) is 0 Å². The van der Waals surface area contributed by atoms with Crippen molar-refractivity contribution in [3.8, 4) is 0 Å². The molecule has 0 aliphatic rings. The van der Waals surface area contributed by atoms with Gasteiger partial charge in [-0.1, -0.05) is 31.2 Å². The van der Waals surface area contributed by atoms with Crippen molar-refractivity contribution in [1.29, 1.82) is 0 Å². The summed E-state index contributed by atoms with van der Waals surface area (Å²) in [6.07, 6.45) is 3.92. The van der Waals surface area contributed by atoms with Gasteiger partial charge in [0.15, 0.2) is 5.78 Å². The minimum atomic E-state index is -0.468. The Kier molecular flexibility index (Phi) is 8.52. The molecule has 0 fully saturated rings. The number of nitrogens with two attached hydrogens (primary N) is 2. The Labute approximate surface area is 143 Å². The third kappa shape index (κ3) is 6.85. The third-order valence-electron chi connectivity index (χ3n) is 4.00. The third-order valence-corrected chi connectivity index (χ3v) is 4.64. The highest BCUT2D eigenvalue weighted by molar-refractivity contribution is 7.98. The molecule has 23 heavy (non-hydrogen) atoms. The summed E-state index contributed by atoms with van der Waals surface area (Å²) >= 11 is 1.70. The van der Waals surface area contributed by atoms with E-state index in [4.69, 9.17) is 11.5 Å². The Bertz CT molecular complexity index is 534. The zero-order valence-corrected chi connectivity index (χ0v) is 15.1. The van der Waals surface area contributed by atoms with Crippen LogP contribution < -0.4 is 11.5 Å². The van der Waals surface area contributed by atoms with Crippen LogP contribution in [0.3, 0.4) is 0 Å². The standard InChI is InChI=1S/C18H28N2O2S/c1-12(18(22)16(19)7-8-23-3)9-14-5-4-6-15(10-14)11-17(20)13(2)21/h4-6,10,12,16-17H,7-9,11,19-20H2,1-3H3/t12?,16-,17?/m1/s1. The second kappa shape index (κ2) is 9.85. The van der Waals surface area contributed by atoms with Crippen LogP contribution in [-0.2, 0) is 22.4 Å². The Hall–Kier alpha value is -1.17. The summed E-state index contributed by atoms with van der Waals surface area (Å²) in [5.74, 6) is 0.894. The second-order valence-corrected chi connectivity index (χ2v) is 7.12. The average Bonchev–Trinajstić information content (AvgIpc) is 2.51. The van der Waals surface area contributed by atoms with E-state index < -0.39 is 6.04 Å². The molecular formula is C18H28N2O2S. The molecule has 1 aromatic rings. The molecule has 4 nitrogen and oxygen atoms in total. The molecule has 0 amide bonds. The van der Waals surface area contributed by atoms with Gasteiger partial charge in [-0.25, -0.2) is 0 Å². The van der Waals surface area contributed by atoms with E-state index >= 15 is 0 Å². The maximum absolute atomic E-state index is 12.3. The largest absolute Gasteiger partial charge is 0.321 e. The van der Waals surface area contributed by atoms with Crippen LogP contribution in [0.25, 0.3) is 0 Å². The first-order valence-corrected chi connectivity index (χ1v) is 9.36. The minimum Gasteiger partial charge on any atom is -0.321 e. The van der Waals surface area contributed by atoms with E-state index in [0.29, 0.717) is 12.8 Å². The first-order chi connectivity index (χ1) is 10.8. The summed E-state index contributed by atoms with van der Waals surface area (Å²) in [7, 11) is 0. The highest BCUT2D eigenvalue weighted by atomic mass is 32.2. The van der Waals surface area contributed by atoms with Crippen LogP contribution in [0.2, 0.25) is 0 Å². The maximum atomic E-state index is 12.3. The van der Waals surface area contributed by atoms with Crippen molar-refractivity contribution in [2.24, 2.45) is 17.4 Å². The quantitative estimate of drug-likeness (QED) is 0.682. The fourth-order valence-electron chi connectivity index (χ4n) is 2.49. The lowest BCUT2D eigenvalue weighted by atomic mass is 9.91. The Morgan fingerprint density at radius 3 is 2.30 bits per heavy atom. The summed E-state index contributed by atoms with van der Waals surface area (Å²) < 4.78 is 0. The van der Waals surface area contributed by atoms with E-state index in [1.165, 1.54) is 6.92 Å². The fraction of sp³-hybridized carbons (Fsp3) is 0.556. The number of thioether (sulfide) groups is 1. The topological polar surface area (TPSA) is 86.2 Å². The number of ketones is 2. The van der Waals surface area contributed by atoms with Gasteiger partial charge in [-0.15, -0.1) is 0 Å². The normalized spacial score (nSPS) is 15.0. The molecule has 5 heteroatoms. The molecule has 0 heterocycles. The van der Waals surface area contributed by atoms with Gasteiger partial charge in [0.05, 0.1) is 12.1 Å². The zero-order chi connectivity index (χ0) is 17.4. The Balaban J connectivity index is 2.66. The Morgan fingerprint density at radius 2 is 1.74 bits per heavy atom. The molecule has 3 atom stereocenters. The monoisotopic (exact) mass is 336 g/mol. The van der Waals surface area contributed by atoms with Crippen LogP contribution in [0.15, 0.2) is 24.3 Å². The molecule has 0 aromatic heterocycles. The number of benzene rings is 1. The number of hydrogen-bond donors (Lipinski definition) is 2. The van der Waals surface area contributed by atoms with Crippen LogP contribution in [0, 0.1) is 5.92 Å². The SMILES string of the molecule is CSCC[C@@H](N)C(=O)C(C)Cc1cccc(CC(N)C(C)=O)c1. The maximum Gasteiger partial charge on any atom is 0.152 e. The van der Waals surface area contributed by atoms with Gasteiger partial charge in [0.1, 0.15) is 5.78 Å². The van der Waals surface area contributed by atoms with E-state index in [1.54, 1.807) is 11.8 Å². The van der Waals surface area contributed by atoms with Crippen molar-refractivity contribution in [2.75, 3.05) is 12.0 Å². The molecule has 2 unspecified atom stereocenters. The van der Waals surface area contributed by atoms with Gasteiger partial charge in [0.2, 0.25) is 0 Å². The molecule has 128 valence electrons. The fourth-order valence-corrected chi connectivity index (χ4v) is 2.98. The van der Waals surface area contributed by atoms with Gasteiger partial charge in [0.25, 0.3) is 0 Å². The average molecular weight is 337 g/mol. The Morgan fingerprint density at radius 1 is 1.13 bits per heavy atom. The second-order valence-electron chi connectivity index (χ2n) is 6.14. The van der Waals surface area contributed by atoms with Crippen LogP contribution in [0.1, 0.15) is 31.4 Å². The van der Waals surface area contributed by atoms with Crippen molar-refractivity contribution in [3.05, 3.63) is 35.4 Å². The van der Waals surface area contributed by atoms with E-state index in [0.717, 1.165) is 23.3 Å². The van der Waals surface area contributed by atoms with Gasteiger partial charge in [0, 0.05) is 5.92 Å². The van der Waals surface area contributed by atoms with Crippen molar-refractivity contribution in [1.82, 2.24) is 0 Å². The van der Waals surface area contributed by atoms with Crippen molar-refractivity contribution >= 4 is 23.3 Å². The van der Waals surface area contributed by atoms with Gasteiger partial charge >= 0.3 is 0 Å². The van der Waals surface area contributed by atoms with E-state index in [9.17, 15) is 9.59 Å². The zero-order valence-electron chi connectivity index (χ0n) is 14.2. The van der Waals surface area contributed by atoms with Crippen molar-refractivity contribution < 1.29 is 9.59 Å². The van der Waals surface area contributed by atoms with E-state index in [-0.39, 0.29) is 23.5 Å². The summed E-state index contributed by atoms with van der Waals surface area (Å²) in [6, 6.07) is 7.08. The highest BCUT2D eigenvalue weighted by Gasteiger charge is 2.20. The molecule has 0 aliphatic heterocycles. The number of carbonyl (C=O) groups is 2. The molecule has 0 saturated heterocycles. The first kappa shape index (κ1) is 19.9. The summed E-state index contributed by atoms with van der Waals surface area (Å²) in [5.41, 5.74) is 13.9. The molecule has 1 rings (SSSR count). The van der Waals surface area contributed by atoms with Gasteiger partial charge in [-0.3, -0.25) is 9.59 Å².